The zero-order valence-electron chi connectivity index (χ0n) is 11.5. The molecule has 106 valence electrons. The Labute approximate surface area is 131 Å². The Morgan fingerprint density at radius 1 is 1.10 bits per heavy atom. The van der Waals surface area contributed by atoms with Crippen LogP contribution in [-0.4, -0.2) is 14.8 Å². The van der Waals surface area contributed by atoms with Crippen molar-refractivity contribution >= 4 is 15.9 Å². The molecule has 0 bridgehead atoms. The second kappa shape index (κ2) is 6.10. The van der Waals surface area contributed by atoms with Crippen LogP contribution in [0.3, 0.4) is 0 Å². The lowest BCUT2D eigenvalue weighted by atomic mass is 10.2. The fourth-order valence-electron chi connectivity index (χ4n) is 2.07. The van der Waals surface area contributed by atoms with E-state index in [-0.39, 0.29) is 0 Å². The average molecular weight is 344 g/mol. The highest BCUT2D eigenvalue weighted by Crippen LogP contribution is 2.23. The predicted molar refractivity (Wildman–Crippen MR) is 84.9 cm³/mol. The van der Waals surface area contributed by atoms with Gasteiger partial charge >= 0.3 is 0 Å². The molecule has 0 aliphatic heterocycles. The summed E-state index contributed by atoms with van der Waals surface area (Å²) >= 11 is 3.29. The summed E-state index contributed by atoms with van der Waals surface area (Å²) in [4.78, 5) is 4.35. The quantitative estimate of drug-likeness (QED) is 0.722. The minimum atomic E-state index is 0.548. The Balaban J connectivity index is 1.79. The number of benzene rings is 2. The average Bonchev–Trinajstić information content (AvgIpc) is 2.85. The Kier molecular flexibility index (Phi) is 4.01. The molecule has 2 aromatic carbocycles. The van der Waals surface area contributed by atoms with Gasteiger partial charge in [0.05, 0.1) is 0 Å². The summed E-state index contributed by atoms with van der Waals surface area (Å²) in [6.45, 7) is 0.548. The Bertz CT molecular complexity index is 740. The van der Waals surface area contributed by atoms with E-state index in [4.69, 9.17) is 4.74 Å². The molecule has 3 aromatic rings. The lowest BCUT2D eigenvalue weighted by molar-refractivity contribution is 0.306. The van der Waals surface area contributed by atoms with Crippen LogP contribution < -0.4 is 4.74 Å². The molecular formula is C16H14BrN3O. The van der Waals surface area contributed by atoms with Crippen LogP contribution in [0.1, 0.15) is 5.56 Å². The van der Waals surface area contributed by atoms with Crippen LogP contribution in [0, 0.1) is 0 Å². The van der Waals surface area contributed by atoms with Gasteiger partial charge < -0.3 is 4.74 Å². The highest BCUT2D eigenvalue weighted by Gasteiger charge is 2.08. The molecule has 0 saturated heterocycles. The van der Waals surface area contributed by atoms with E-state index in [1.165, 1.54) is 0 Å². The van der Waals surface area contributed by atoms with Crippen LogP contribution in [0.2, 0.25) is 0 Å². The molecule has 0 amide bonds. The van der Waals surface area contributed by atoms with Crippen LogP contribution >= 0.6 is 15.9 Å². The van der Waals surface area contributed by atoms with Crippen molar-refractivity contribution in [3.8, 4) is 17.1 Å². The molecule has 1 aromatic heterocycles. The van der Waals surface area contributed by atoms with Crippen molar-refractivity contribution < 1.29 is 4.74 Å². The van der Waals surface area contributed by atoms with Crippen molar-refractivity contribution in [2.45, 2.75) is 6.61 Å². The second-order valence-corrected chi connectivity index (χ2v) is 5.34. The SMILES string of the molecule is Cn1nc(Br)nc1-c1cccc(OCc2ccccc2)c1. The van der Waals surface area contributed by atoms with E-state index in [2.05, 4.69) is 26.0 Å². The van der Waals surface area contributed by atoms with E-state index in [9.17, 15) is 0 Å². The number of aromatic nitrogens is 3. The van der Waals surface area contributed by atoms with Gasteiger partial charge in [-0.05, 0) is 33.6 Å². The van der Waals surface area contributed by atoms with Crippen molar-refractivity contribution in [2.24, 2.45) is 7.05 Å². The van der Waals surface area contributed by atoms with E-state index < -0.39 is 0 Å². The van der Waals surface area contributed by atoms with Crippen LogP contribution in [0.15, 0.2) is 59.3 Å². The summed E-state index contributed by atoms with van der Waals surface area (Å²) in [5.41, 5.74) is 2.12. The van der Waals surface area contributed by atoms with Gasteiger partial charge in [0.25, 0.3) is 0 Å². The molecule has 0 saturated carbocycles. The third-order valence-corrected chi connectivity index (χ3v) is 3.41. The summed E-state index contributed by atoms with van der Waals surface area (Å²) in [6.07, 6.45) is 0. The summed E-state index contributed by atoms with van der Waals surface area (Å²) in [5.74, 6) is 1.61. The van der Waals surface area contributed by atoms with Crippen LogP contribution in [0.25, 0.3) is 11.4 Å². The first-order valence-electron chi connectivity index (χ1n) is 6.56. The lowest BCUT2D eigenvalue weighted by Gasteiger charge is -2.08. The number of rotatable bonds is 4. The van der Waals surface area contributed by atoms with Gasteiger partial charge in [0.1, 0.15) is 12.4 Å². The maximum atomic E-state index is 5.83. The van der Waals surface area contributed by atoms with Crippen LogP contribution in [0.5, 0.6) is 5.75 Å². The number of hydrogen-bond acceptors (Lipinski definition) is 3. The second-order valence-electron chi connectivity index (χ2n) is 4.63. The summed E-state index contributed by atoms with van der Waals surface area (Å²) < 4.78 is 8.15. The Hall–Kier alpha value is -2.14. The zero-order chi connectivity index (χ0) is 14.7. The molecule has 0 spiro atoms. The van der Waals surface area contributed by atoms with Crippen LogP contribution in [-0.2, 0) is 13.7 Å². The minimum absolute atomic E-state index is 0.548. The van der Waals surface area contributed by atoms with E-state index in [1.807, 2.05) is 61.6 Å². The number of ether oxygens (including phenoxy) is 1. The molecule has 0 radical (unpaired) electrons. The van der Waals surface area contributed by atoms with Crippen molar-refractivity contribution in [1.29, 1.82) is 0 Å². The molecule has 0 fully saturated rings. The predicted octanol–water partition coefficient (Wildman–Crippen LogP) is 3.82. The Morgan fingerprint density at radius 3 is 2.62 bits per heavy atom. The first-order valence-corrected chi connectivity index (χ1v) is 7.35. The van der Waals surface area contributed by atoms with Gasteiger partial charge in [-0.1, -0.05) is 42.5 Å². The molecule has 0 atom stereocenters. The first-order chi connectivity index (χ1) is 10.2. The largest absolute Gasteiger partial charge is 0.489 e. The molecule has 4 nitrogen and oxygen atoms in total. The van der Waals surface area contributed by atoms with Gasteiger partial charge in [-0.3, -0.25) is 0 Å². The van der Waals surface area contributed by atoms with Gasteiger partial charge in [0, 0.05) is 12.6 Å². The summed E-state index contributed by atoms with van der Waals surface area (Å²) in [5, 5.41) is 4.19. The van der Waals surface area contributed by atoms with Crippen molar-refractivity contribution in [3.05, 3.63) is 64.9 Å². The van der Waals surface area contributed by atoms with Crippen molar-refractivity contribution in [2.75, 3.05) is 0 Å². The maximum Gasteiger partial charge on any atom is 0.217 e. The smallest absolute Gasteiger partial charge is 0.217 e. The van der Waals surface area contributed by atoms with Gasteiger partial charge in [-0.2, -0.15) is 0 Å². The maximum absolute atomic E-state index is 5.83. The zero-order valence-corrected chi connectivity index (χ0v) is 13.1. The fourth-order valence-corrected chi connectivity index (χ4v) is 2.48. The third-order valence-electron chi connectivity index (χ3n) is 3.08. The summed E-state index contributed by atoms with van der Waals surface area (Å²) in [6, 6.07) is 18.0. The monoisotopic (exact) mass is 343 g/mol. The Morgan fingerprint density at radius 2 is 1.90 bits per heavy atom. The fraction of sp³-hybridized carbons (Fsp3) is 0.125. The third kappa shape index (κ3) is 3.31. The van der Waals surface area contributed by atoms with Gasteiger partial charge in [-0.15, -0.1) is 5.10 Å². The summed E-state index contributed by atoms with van der Waals surface area (Å²) in [7, 11) is 1.87. The lowest BCUT2D eigenvalue weighted by Crippen LogP contribution is -1.97. The molecule has 3 rings (SSSR count). The number of aryl methyl sites for hydroxylation is 1. The van der Waals surface area contributed by atoms with E-state index in [1.54, 1.807) is 4.68 Å². The van der Waals surface area contributed by atoms with Gasteiger partial charge in [0.2, 0.25) is 4.73 Å². The highest BCUT2D eigenvalue weighted by molar-refractivity contribution is 9.10. The molecule has 21 heavy (non-hydrogen) atoms. The van der Waals surface area contributed by atoms with E-state index in [0.717, 1.165) is 22.7 Å². The normalized spacial score (nSPS) is 10.6. The van der Waals surface area contributed by atoms with E-state index in [0.29, 0.717) is 11.3 Å². The molecular weight excluding hydrogens is 330 g/mol. The topological polar surface area (TPSA) is 39.9 Å². The highest BCUT2D eigenvalue weighted by atomic mass is 79.9. The molecule has 0 aliphatic carbocycles. The molecule has 0 aliphatic rings. The van der Waals surface area contributed by atoms with Gasteiger partial charge in [0.15, 0.2) is 5.82 Å². The molecule has 0 N–H and O–H groups in total. The minimum Gasteiger partial charge on any atom is -0.489 e. The first kappa shape index (κ1) is 13.8. The number of nitrogens with zero attached hydrogens (tertiary/aromatic N) is 3. The van der Waals surface area contributed by atoms with Crippen molar-refractivity contribution in [3.63, 3.8) is 0 Å². The van der Waals surface area contributed by atoms with Gasteiger partial charge in [-0.25, -0.2) is 9.67 Å². The molecule has 1 heterocycles. The standard InChI is InChI=1S/C16H14BrN3O/c1-20-15(18-16(17)19-20)13-8-5-9-14(10-13)21-11-12-6-3-2-4-7-12/h2-10H,11H2,1H3. The number of hydrogen-bond donors (Lipinski definition) is 0. The number of halogens is 1. The van der Waals surface area contributed by atoms with Crippen molar-refractivity contribution in [1.82, 2.24) is 14.8 Å². The van der Waals surface area contributed by atoms with E-state index >= 15 is 0 Å². The molecule has 0 unspecified atom stereocenters. The molecule has 5 heteroatoms. The van der Waals surface area contributed by atoms with Crippen LogP contribution in [0.4, 0.5) is 0 Å².